The van der Waals surface area contributed by atoms with Gasteiger partial charge >= 0.3 is 5.97 Å². The minimum Gasteiger partial charge on any atom is -0.480 e. The van der Waals surface area contributed by atoms with Crippen molar-refractivity contribution < 1.29 is 45.2 Å². The average molecular weight is 440 g/mol. The molecule has 0 aliphatic heterocycles. The Bertz CT molecular complexity index is 1060. The maximum atomic E-state index is 13.9. The van der Waals surface area contributed by atoms with Gasteiger partial charge in [0.25, 0.3) is 5.69 Å². The van der Waals surface area contributed by atoms with Crippen molar-refractivity contribution in [3.05, 3.63) is 69.0 Å². The van der Waals surface area contributed by atoms with Crippen molar-refractivity contribution in [2.75, 3.05) is 6.54 Å². The maximum absolute atomic E-state index is 13.9. The number of non-ortho nitro benzene ring substituents is 1. The molecule has 0 bridgehead atoms. The zero-order valence-corrected chi connectivity index (χ0v) is 14.7. The Labute approximate surface area is 159 Å². The average Bonchev–Trinajstić information content (AvgIpc) is 2.64. The number of carboxylic acids is 1. The molecule has 0 aromatic heterocycles. The number of nitro benzene ring substituents is 1. The van der Waals surface area contributed by atoms with Crippen LogP contribution in [-0.4, -0.2) is 35.3 Å². The summed E-state index contributed by atoms with van der Waals surface area (Å²) in [4.78, 5) is 18.6. The van der Waals surface area contributed by atoms with E-state index in [1.807, 2.05) is 0 Å². The molecule has 2 aromatic rings. The minimum atomic E-state index is -5.52. The highest BCUT2D eigenvalue weighted by molar-refractivity contribution is 7.89. The topological polar surface area (TPSA) is 118 Å². The molecule has 0 aliphatic rings. The summed E-state index contributed by atoms with van der Waals surface area (Å²) < 4.78 is 92.8. The molecule has 0 heterocycles. The predicted octanol–water partition coefficient (Wildman–Crippen LogP) is 2.57. The first kappa shape index (κ1) is 22.2. The SMILES string of the molecule is O=C(O)CN(Cc1ccc([N+](=O)[O-])cc1)S(=O)(=O)c1c(F)c(F)c(F)c(F)c1F. The molecule has 8 nitrogen and oxygen atoms in total. The number of rotatable bonds is 7. The lowest BCUT2D eigenvalue weighted by molar-refractivity contribution is -0.384. The van der Waals surface area contributed by atoms with Gasteiger partial charge in [0, 0.05) is 18.7 Å². The van der Waals surface area contributed by atoms with Crippen LogP contribution in [0.25, 0.3) is 0 Å². The van der Waals surface area contributed by atoms with Gasteiger partial charge < -0.3 is 5.11 Å². The van der Waals surface area contributed by atoms with Crippen molar-refractivity contribution in [1.82, 2.24) is 4.31 Å². The highest BCUT2D eigenvalue weighted by Crippen LogP contribution is 2.29. The fraction of sp³-hybridized carbons (Fsp3) is 0.133. The lowest BCUT2D eigenvalue weighted by Crippen LogP contribution is -2.36. The summed E-state index contributed by atoms with van der Waals surface area (Å²) in [6, 6.07) is 3.95. The number of hydrogen-bond acceptors (Lipinski definition) is 5. The zero-order chi connectivity index (χ0) is 22.1. The van der Waals surface area contributed by atoms with Crippen molar-refractivity contribution in [3.8, 4) is 0 Å². The first-order valence-corrected chi connectivity index (χ1v) is 8.78. The Balaban J connectivity index is 2.57. The summed E-state index contributed by atoms with van der Waals surface area (Å²) >= 11 is 0. The number of benzene rings is 2. The van der Waals surface area contributed by atoms with Gasteiger partial charge in [-0.1, -0.05) is 12.1 Å². The van der Waals surface area contributed by atoms with E-state index in [0.717, 1.165) is 24.3 Å². The minimum absolute atomic E-state index is 0.0468. The largest absolute Gasteiger partial charge is 0.480 e. The number of carboxylic acid groups (broad SMARTS) is 1. The van der Waals surface area contributed by atoms with Gasteiger partial charge in [-0.15, -0.1) is 0 Å². The van der Waals surface area contributed by atoms with E-state index < -0.39 is 68.0 Å². The van der Waals surface area contributed by atoms with Gasteiger partial charge in [-0.3, -0.25) is 14.9 Å². The van der Waals surface area contributed by atoms with Crippen LogP contribution in [0.15, 0.2) is 29.2 Å². The van der Waals surface area contributed by atoms with E-state index in [0.29, 0.717) is 0 Å². The quantitative estimate of drug-likeness (QED) is 0.233. The van der Waals surface area contributed by atoms with Crippen LogP contribution < -0.4 is 0 Å². The van der Waals surface area contributed by atoms with Crippen molar-refractivity contribution >= 4 is 21.7 Å². The molecule has 0 amide bonds. The van der Waals surface area contributed by atoms with Crippen molar-refractivity contribution in [1.29, 1.82) is 0 Å². The molecule has 0 saturated carbocycles. The Hall–Kier alpha value is -3.13. The number of halogens is 5. The second kappa shape index (κ2) is 8.08. The van der Waals surface area contributed by atoms with Gasteiger partial charge in [-0.2, -0.15) is 4.31 Å². The molecule has 2 aromatic carbocycles. The van der Waals surface area contributed by atoms with Crippen LogP contribution in [0.3, 0.4) is 0 Å². The molecular weight excluding hydrogens is 431 g/mol. The first-order valence-electron chi connectivity index (χ1n) is 7.34. The van der Waals surface area contributed by atoms with E-state index in [1.54, 1.807) is 0 Å². The van der Waals surface area contributed by atoms with E-state index in [1.165, 1.54) is 0 Å². The molecule has 0 unspecified atom stereocenters. The van der Waals surface area contributed by atoms with Crippen molar-refractivity contribution in [2.45, 2.75) is 11.4 Å². The molecule has 156 valence electrons. The van der Waals surface area contributed by atoms with Crippen LogP contribution in [0, 0.1) is 39.2 Å². The number of aliphatic carboxylic acids is 1. The van der Waals surface area contributed by atoms with Gasteiger partial charge in [0.15, 0.2) is 28.2 Å². The molecule has 2 rings (SSSR count). The number of nitrogens with zero attached hydrogens (tertiary/aromatic N) is 2. The number of carbonyl (C=O) groups is 1. The van der Waals surface area contributed by atoms with Crippen LogP contribution in [0.2, 0.25) is 0 Å². The summed E-state index contributed by atoms with van der Waals surface area (Å²) in [6.45, 7) is -2.27. The number of nitro groups is 1. The highest BCUT2D eigenvalue weighted by Gasteiger charge is 2.38. The number of sulfonamides is 1. The second-order valence-electron chi connectivity index (χ2n) is 5.49. The van der Waals surface area contributed by atoms with Gasteiger partial charge in [0.2, 0.25) is 15.8 Å². The van der Waals surface area contributed by atoms with E-state index in [2.05, 4.69) is 0 Å². The molecule has 0 aliphatic carbocycles. The third kappa shape index (κ3) is 4.32. The van der Waals surface area contributed by atoms with Crippen LogP contribution in [0.4, 0.5) is 27.6 Å². The molecule has 1 N–H and O–H groups in total. The Morgan fingerprint density at radius 3 is 1.83 bits per heavy atom. The Morgan fingerprint density at radius 2 is 1.41 bits per heavy atom. The normalized spacial score (nSPS) is 11.7. The first-order chi connectivity index (χ1) is 13.4. The third-order valence-corrected chi connectivity index (χ3v) is 5.40. The monoisotopic (exact) mass is 440 g/mol. The van der Waals surface area contributed by atoms with E-state index >= 15 is 0 Å². The molecule has 0 saturated heterocycles. The Morgan fingerprint density at radius 1 is 0.966 bits per heavy atom. The summed E-state index contributed by atoms with van der Waals surface area (Å²) in [5.41, 5.74) is -0.439. The fourth-order valence-electron chi connectivity index (χ4n) is 2.24. The van der Waals surface area contributed by atoms with Gasteiger partial charge in [-0.25, -0.2) is 30.4 Å². The molecule has 14 heteroatoms. The molecule has 29 heavy (non-hydrogen) atoms. The van der Waals surface area contributed by atoms with E-state index in [9.17, 15) is 45.3 Å². The summed E-state index contributed by atoms with van der Waals surface area (Å²) in [6.07, 6.45) is 0. The van der Waals surface area contributed by atoms with Crippen molar-refractivity contribution in [3.63, 3.8) is 0 Å². The highest BCUT2D eigenvalue weighted by atomic mass is 32.2. The van der Waals surface area contributed by atoms with Crippen LogP contribution in [0.1, 0.15) is 5.56 Å². The smallest absolute Gasteiger partial charge is 0.318 e. The maximum Gasteiger partial charge on any atom is 0.318 e. The lowest BCUT2D eigenvalue weighted by Gasteiger charge is -2.21. The molecule has 0 spiro atoms. The van der Waals surface area contributed by atoms with Gasteiger partial charge in [0.05, 0.1) is 4.92 Å². The lowest BCUT2D eigenvalue weighted by atomic mass is 10.2. The van der Waals surface area contributed by atoms with E-state index in [-0.39, 0.29) is 15.6 Å². The summed E-state index contributed by atoms with van der Waals surface area (Å²) in [7, 11) is -5.52. The molecule has 0 atom stereocenters. The molecule has 0 radical (unpaired) electrons. The molecule has 0 fully saturated rings. The predicted molar refractivity (Wildman–Crippen MR) is 84.6 cm³/mol. The summed E-state index contributed by atoms with van der Waals surface area (Å²) in [5, 5.41) is 19.5. The van der Waals surface area contributed by atoms with Crippen LogP contribution >= 0.6 is 0 Å². The second-order valence-corrected chi connectivity index (χ2v) is 7.36. The summed E-state index contributed by atoms with van der Waals surface area (Å²) in [5.74, 6) is -14.7. The van der Waals surface area contributed by atoms with Crippen molar-refractivity contribution in [2.24, 2.45) is 0 Å². The van der Waals surface area contributed by atoms with E-state index in [4.69, 9.17) is 5.11 Å². The van der Waals surface area contributed by atoms with Crippen LogP contribution in [-0.2, 0) is 21.4 Å². The van der Waals surface area contributed by atoms with Gasteiger partial charge in [-0.05, 0) is 5.56 Å². The number of hydrogen-bond donors (Lipinski definition) is 1. The van der Waals surface area contributed by atoms with Gasteiger partial charge in [0.1, 0.15) is 6.54 Å². The Kier molecular flexibility index (Phi) is 6.18. The molecular formula is C15H9F5N2O6S. The van der Waals surface area contributed by atoms with Crippen LogP contribution in [0.5, 0.6) is 0 Å². The standard InChI is InChI=1S/C15H9F5N2O6S/c16-10-11(17)13(19)15(14(20)12(10)18)29(27,28)21(6-9(23)24)5-7-1-3-8(4-2-7)22(25)26/h1-4H,5-6H2,(H,23,24). The third-order valence-electron chi connectivity index (χ3n) is 3.59. The fourth-order valence-corrected chi connectivity index (χ4v) is 3.73. The zero-order valence-electron chi connectivity index (χ0n) is 13.9.